The number of aromatic nitrogens is 1. The van der Waals surface area contributed by atoms with Gasteiger partial charge in [0, 0.05) is 36.1 Å². The molecule has 1 aliphatic carbocycles. The number of thiocarbonyl (C=S) groups is 1. The van der Waals surface area contributed by atoms with E-state index in [4.69, 9.17) is 17.0 Å². The highest BCUT2D eigenvalue weighted by Gasteiger charge is 2.34. The molecule has 164 valence electrons. The lowest BCUT2D eigenvalue weighted by Crippen LogP contribution is -2.35. The van der Waals surface area contributed by atoms with E-state index in [1.165, 1.54) is 6.20 Å². The molecule has 0 aliphatic heterocycles. The number of hydrogen-bond acceptors (Lipinski definition) is 5. The van der Waals surface area contributed by atoms with Crippen molar-refractivity contribution in [3.63, 3.8) is 0 Å². The molecule has 0 amide bonds. The second-order valence-electron chi connectivity index (χ2n) is 8.15. The first-order valence-electron chi connectivity index (χ1n) is 9.95. The second kappa shape index (κ2) is 9.96. The highest BCUT2D eigenvalue weighted by Crippen LogP contribution is 2.36. The number of nitrogens with one attached hydrogen (secondary N) is 2. The number of halogens is 2. The number of carbonyl (C=O) groups excluding carboxylic acids is 1. The molecule has 1 aliphatic rings. The number of para-hydroxylation sites is 1. The third kappa shape index (κ3) is 6.30. The Morgan fingerprint density at radius 3 is 2.68 bits per heavy atom. The average Bonchev–Trinajstić information content (AvgIpc) is 2.70. The number of benzene rings is 1. The predicted octanol–water partition coefficient (Wildman–Crippen LogP) is 4.90. The van der Waals surface area contributed by atoms with Crippen molar-refractivity contribution >= 4 is 28.7 Å². The summed E-state index contributed by atoms with van der Waals surface area (Å²) in [5.74, 6) is 0.250. The number of hydrogen-bond donors (Lipinski definition) is 2. The van der Waals surface area contributed by atoms with E-state index >= 15 is 0 Å². The fraction of sp³-hybridized carbons (Fsp3) is 0.348. The first-order valence-corrected chi connectivity index (χ1v) is 10.4. The number of alkyl halides is 2. The summed E-state index contributed by atoms with van der Waals surface area (Å²) >= 11 is 5.56. The minimum atomic E-state index is -2.58. The minimum Gasteiger partial charge on any atom is -0.486 e. The lowest BCUT2D eigenvalue weighted by Gasteiger charge is -2.33. The molecule has 0 unspecified atom stereocenters. The largest absolute Gasteiger partial charge is 0.486 e. The quantitative estimate of drug-likeness (QED) is 0.564. The zero-order chi connectivity index (χ0) is 22.4. The van der Waals surface area contributed by atoms with Crippen LogP contribution in [-0.4, -0.2) is 28.8 Å². The van der Waals surface area contributed by atoms with Gasteiger partial charge in [-0.05, 0) is 30.0 Å². The van der Waals surface area contributed by atoms with Crippen LogP contribution in [0.2, 0.25) is 0 Å². The van der Waals surface area contributed by atoms with Gasteiger partial charge in [0.2, 0.25) is 0 Å². The smallest absolute Gasteiger partial charge is 0.272 e. The van der Waals surface area contributed by atoms with Crippen molar-refractivity contribution in [1.82, 2.24) is 10.3 Å². The van der Waals surface area contributed by atoms with Crippen LogP contribution in [0.25, 0.3) is 0 Å². The lowest BCUT2D eigenvalue weighted by molar-refractivity contribution is -0.117. The SMILES string of the molecule is CC1(C)CC(=O)C(C(=S)Nc2ccccc2)=C(NCc2ccncc2OCC(F)F)C1. The molecule has 8 heteroatoms. The van der Waals surface area contributed by atoms with Gasteiger partial charge in [-0.15, -0.1) is 0 Å². The molecule has 0 saturated carbocycles. The van der Waals surface area contributed by atoms with E-state index in [1.54, 1.807) is 12.3 Å². The number of rotatable bonds is 8. The van der Waals surface area contributed by atoms with Crippen LogP contribution in [-0.2, 0) is 11.3 Å². The Morgan fingerprint density at radius 1 is 1.23 bits per heavy atom. The molecule has 2 N–H and O–H groups in total. The summed E-state index contributed by atoms with van der Waals surface area (Å²) in [6.07, 6.45) is 1.42. The van der Waals surface area contributed by atoms with Gasteiger partial charge in [-0.25, -0.2) is 8.78 Å². The maximum Gasteiger partial charge on any atom is 0.272 e. The van der Waals surface area contributed by atoms with Crippen LogP contribution in [0.5, 0.6) is 5.75 Å². The summed E-state index contributed by atoms with van der Waals surface area (Å²) in [5, 5.41) is 6.44. The average molecular weight is 446 g/mol. The van der Waals surface area contributed by atoms with Gasteiger partial charge in [0.05, 0.1) is 11.8 Å². The Morgan fingerprint density at radius 2 is 1.97 bits per heavy atom. The van der Waals surface area contributed by atoms with Crippen molar-refractivity contribution in [3.8, 4) is 5.75 Å². The number of ether oxygens (including phenoxy) is 1. The first kappa shape index (κ1) is 22.8. The molecule has 0 spiro atoms. The van der Waals surface area contributed by atoms with Crippen molar-refractivity contribution in [2.75, 3.05) is 11.9 Å². The standard InChI is InChI=1S/C23H25F2N3O2S/c1-23(2)10-17(27-12-15-8-9-26-13-19(15)30-14-20(24)25)21(18(29)11-23)22(31)28-16-6-4-3-5-7-16/h3-9,13,20,27H,10-12,14H2,1-2H3,(H,28,31). The topological polar surface area (TPSA) is 63.2 Å². The zero-order valence-corrected chi connectivity index (χ0v) is 18.3. The minimum absolute atomic E-state index is 0.0314. The highest BCUT2D eigenvalue weighted by molar-refractivity contribution is 7.81. The summed E-state index contributed by atoms with van der Waals surface area (Å²) in [6, 6.07) is 11.1. The molecule has 0 fully saturated rings. The van der Waals surface area contributed by atoms with Crippen LogP contribution in [0.4, 0.5) is 14.5 Å². The van der Waals surface area contributed by atoms with Gasteiger partial charge in [0.25, 0.3) is 6.43 Å². The van der Waals surface area contributed by atoms with Crippen LogP contribution in [0, 0.1) is 5.41 Å². The van der Waals surface area contributed by atoms with E-state index in [-0.39, 0.29) is 23.5 Å². The summed E-state index contributed by atoms with van der Waals surface area (Å²) < 4.78 is 30.3. The molecule has 1 heterocycles. The molecular weight excluding hydrogens is 420 g/mol. The van der Waals surface area contributed by atoms with Crippen LogP contribution >= 0.6 is 12.2 Å². The Labute approximate surface area is 185 Å². The number of carbonyl (C=O) groups is 1. The third-order valence-corrected chi connectivity index (χ3v) is 5.17. The van der Waals surface area contributed by atoms with Crippen molar-refractivity contribution < 1.29 is 18.3 Å². The molecule has 1 aromatic carbocycles. The Hall–Kier alpha value is -2.87. The van der Waals surface area contributed by atoms with Crippen LogP contribution < -0.4 is 15.4 Å². The molecule has 0 bridgehead atoms. The van der Waals surface area contributed by atoms with Crippen LogP contribution in [0.3, 0.4) is 0 Å². The van der Waals surface area contributed by atoms with E-state index in [1.807, 2.05) is 44.2 Å². The normalized spacial score (nSPS) is 15.7. The molecule has 31 heavy (non-hydrogen) atoms. The summed E-state index contributed by atoms with van der Waals surface area (Å²) in [7, 11) is 0. The van der Waals surface area contributed by atoms with E-state index < -0.39 is 13.0 Å². The highest BCUT2D eigenvalue weighted by atomic mass is 32.1. The number of allylic oxidation sites excluding steroid dienone is 1. The zero-order valence-electron chi connectivity index (χ0n) is 17.5. The molecule has 1 aromatic heterocycles. The number of ketones is 1. The van der Waals surface area contributed by atoms with Gasteiger partial charge in [-0.3, -0.25) is 9.78 Å². The van der Waals surface area contributed by atoms with Crippen molar-refractivity contribution in [2.24, 2.45) is 5.41 Å². The third-order valence-electron chi connectivity index (χ3n) is 4.86. The monoisotopic (exact) mass is 445 g/mol. The number of Topliss-reactive ketones (excluding diaryl/α,β-unsaturated/α-hetero) is 1. The van der Waals surface area contributed by atoms with Crippen LogP contribution in [0.15, 0.2) is 60.1 Å². The molecule has 0 saturated heterocycles. The second-order valence-corrected chi connectivity index (χ2v) is 8.56. The maximum absolute atomic E-state index is 13.0. The Kier molecular flexibility index (Phi) is 7.33. The predicted molar refractivity (Wildman–Crippen MR) is 120 cm³/mol. The maximum atomic E-state index is 13.0. The molecule has 2 aromatic rings. The van der Waals surface area contributed by atoms with E-state index in [9.17, 15) is 13.6 Å². The Balaban J connectivity index is 1.83. The van der Waals surface area contributed by atoms with Crippen molar-refractivity contribution in [3.05, 3.63) is 65.6 Å². The fourth-order valence-electron chi connectivity index (χ4n) is 3.49. The Bertz CT molecular complexity index is 978. The number of nitrogens with zero attached hydrogens (tertiary/aromatic N) is 1. The van der Waals surface area contributed by atoms with Gasteiger partial charge in [0.1, 0.15) is 17.3 Å². The van der Waals surface area contributed by atoms with Crippen molar-refractivity contribution in [1.29, 1.82) is 0 Å². The molecule has 3 rings (SSSR count). The van der Waals surface area contributed by atoms with E-state index in [2.05, 4.69) is 15.6 Å². The fourth-order valence-corrected chi connectivity index (χ4v) is 3.84. The van der Waals surface area contributed by atoms with Gasteiger partial charge in [0.15, 0.2) is 5.78 Å². The van der Waals surface area contributed by atoms with Gasteiger partial charge in [-0.2, -0.15) is 0 Å². The summed E-state index contributed by atoms with van der Waals surface area (Å²) in [4.78, 5) is 17.3. The van der Waals surface area contributed by atoms with Crippen LogP contribution in [0.1, 0.15) is 32.3 Å². The molecular formula is C23H25F2N3O2S. The number of pyridine rings is 1. The molecule has 0 atom stereocenters. The van der Waals surface area contributed by atoms with E-state index in [0.717, 1.165) is 11.4 Å². The van der Waals surface area contributed by atoms with E-state index in [0.29, 0.717) is 29.0 Å². The van der Waals surface area contributed by atoms with Gasteiger partial charge in [-0.1, -0.05) is 44.3 Å². The lowest BCUT2D eigenvalue weighted by atomic mass is 9.75. The summed E-state index contributed by atoms with van der Waals surface area (Å²) in [6.45, 7) is 3.64. The first-order chi connectivity index (χ1) is 14.7. The van der Waals surface area contributed by atoms with Gasteiger partial charge < -0.3 is 15.4 Å². The molecule has 5 nitrogen and oxygen atoms in total. The summed E-state index contributed by atoms with van der Waals surface area (Å²) in [5.41, 5.74) is 2.43. The van der Waals surface area contributed by atoms with Gasteiger partial charge >= 0.3 is 0 Å². The number of anilines is 1. The van der Waals surface area contributed by atoms with Crippen molar-refractivity contribution in [2.45, 2.75) is 39.7 Å². The molecule has 0 radical (unpaired) electrons.